The topological polar surface area (TPSA) is 47.6 Å². The molecular formula is C15H23NO3. The maximum Gasteiger partial charge on any atom is 0.327 e. The molecule has 4 heteroatoms. The number of rotatable bonds is 7. The summed E-state index contributed by atoms with van der Waals surface area (Å²) < 4.78 is 10.5. The number of carbonyl (C=O) groups is 1. The van der Waals surface area contributed by atoms with Crippen molar-refractivity contribution in [2.75, 3.05) is 13.7 Å². The molecule has 0 aliphatic rings. The van der Waals surface area contributed by atoms with Gasteiger partial charge in [0.1, 0.15) is 11.8 Å². The number of methoxy groups -OCH3 is 1. The molecule has 0 bridgehead atoms. The van der Waals surface area contributed by atoms with Crippen molar-refractivity contribution in [1.82, 2.24) is 5.32 Å². The van der Waals surface area contributed by atoms with E-state index in [9.17, 15) is 4.79 Å². The lowest BCUT2D eigenvalue weighted by Crippen LogP contribution is -2.36. The highest BCUT2D eigenvalue weighted by Gasteiger charge is 2.25. The molecule has 1 N–H and O–H groups in total. The number of hydrogen-bond acceptors (Lipinski definition) is 4. The van der Waals surface area contributed by atoms with Crippen molar-refractivity contribution >= 4 is 5.97 Å². The zero-order valence-electron chi connectivity index (χ0n) is 12.1. The molecule has 4 nitrogen and oxygen atoms in total. The maximum atomic E-state index is 12.1. The molecule has 0 radical (unpaired) electrons. The summed E-state index contributed by atoms with van der Waals surface area (Å²) in [6, 6.07) is 7.23. The summed E-state index contributed by atoms with van der Waals surface area (Å²) in [4.78, 5) is 12.1. The predicted molar refractivity (Wildman–Crippen MR) is 75.3 cm³/mol. The zero-order chi connectivity index (χ0) is 14.3. The highest BCUT2D eigenvalue weighted by Crippen LogP contribution is 2.26. The van der Waals surface area contributed by atoms with Gasteiger partial charge in [0.15, 0.2) is 0 Å². The van der Waals surface area contributed by atoms with E-state index in [2.05, 4.69) is 12.2 Å². The van der Waals surface area contributed by atoms with E-state index in [0.717, 1.165) is 12.0 Å². The van der Waals surface area contributed by atoms with E-state index in [0.29, 0.717) is 12.4 Å². The summed E-state index contributed by atoms with van der Waals surface area (Å²) in [5, 5.41) is 3.29. The molecule has 1 aromatic carbocycles. The minimum Gasteiger partial charge on any atom is -0.496 e. The molecule has 106 valence electrons. The average Bonchev–Trinajstić information content (AvgIpc) is 2.44. The molecule has 0 amide bonds. The third kappa shape index (κ3) is 4.24. The van der Waals surface area contributed by atoms with Gasteiger partial charge in [-0.25, -0.2) is 4.79 Å². The number of esters is 1. The summed E-state index contributed by atoms with van der Waals surface area (Å²) >= 11 is 0. The van der Waals surface area contributed by atoms with E-state index >= 15 is 0 Å². The Labute approximate surface area is 115 Å². The standard InChI is InChI=1S/C15H23NO3/c1-5-11(3)16-14(15(17)19-6-2)12-9-7-8-10-13(12)18-4/h7-11,14,16H,5-6H2,1-4H3. The van der Waals surface area contributed by atoms with Gasteiger partial charge >= 0.3 is 5.97 Å². The number of carbonyl (C=O) groups excluding carboxylic acids is 1. The summed E-state index contributed by atoms with van der Waals surface area (Å²) in [5.74, 6) is 0.420. The van der Waals surface area contributed by atoms with Crippen molar-refractivity contribution < 1.29 is 14.3 Å². The quantitative estimate of drug-likeness (QED) is 0.770. The van der Waals surface area contributed by atoms with Crippen LogP contribution in [0.15, 0.2) is 24.3 Å². The van der Waals surface area contributed by atoms with Crippen molar-refractivity contribution in [1.29, 1.82) is 0 Å². The molecule has 0 saturated heterocycles. The number of hydrogen-bond donors (Lipinski definition) is 1. The fourth-order valence-corrected chi connectivity index (χ4v) is 1.82. The van der Waals surface area contributed by atoms with E-state index in [1.807, 2.05) is 31.2 Å². The predicted octanol–water partition coefficient (Wildman–Crippen LogP) is 2.69. The highest BCUT2D eigenvalue weighted by molar-refractivity contribution is 5.78. The number of benzene rings is 1. The van der Waals surface area contributed by atoms with Gasteiger partial charge in [-0.05, 0) is 26.3 Å². The Morgan fingerprint density at radius 2 is 2.00 bits per heavy atom. The van der Waals surface area contributed by atoms with E-state index in [1.165, 1.54) is 0 Å². The van der Waals surface area contributed by atoms with Crippen LogP contribution >= 0.6 is 0 Å². The summed E-state index contributed by atoms with van der Waals surface area (Å²) in [5.41, 5.74) is 0.809. The molecule has 0 aromatic heterocycles. The van der Waals surface area contributed by atoms with Crippen LogP contribution in [0.1, 0.15) is 38.8 Å². The second-order valence-corrected chi connectivity index (χ2v) is 4.40. The molecule has 0 saturated carbocycles. The van der Waals surface area contributed by atoms with Crippen LogP contribution in [0.25, 0.3) is 0 Å². The molecule has 0 heterocycles. The molecule has 1 aromatic rings. The second-order valence-electron chi connectivity index (χ2n) is 4.40. The first-order chi connectivity index (χ1) is 9.13. The fourth-order valence-electron chi connectivity index (χ4n) is 1.82. The first kappa shape index (κ1) is 15.5. The lowest BCUT2D eigenvalue weighted by Gasteiger charge is -2.23. The third-order valence-corrected chi connectivity index (χ3v) is 3.04. The van der Waals surface area contributed by atoms with Gasteiger partial charge < -0.3 is 9.47 Å². The van der Waals surface area contributed by atoms with Crippen LogP contribution in [0.2, 0.25) is 0 Å². The van der Waals surface area contributed by atoms with E-state index in [-0.39, 0.29) is 12.0 Å². The van der Waals surface area contributed by atoms with Crippen molar-refractivity contribution in [3.05, 3.63) is 29.8 Å². The van der Waals surface area contributed by atoms with Crippen LogP contribution in [-0.2, 0) is 9.53 Å². The lowest BCUT2D eigenvalue weighted by molar-refractivity contribution is -0.146. The van der Waals surface area contributed by atoms with E-state index in [4.69, 9.17) is 9.47 Å². The second kappa shape index (κ2) is 7.79. The average molecular weight is 265 g/mol. The van der Waals surface area contributed by atoms with Gasteiger partial charge in [-0.2, -0.15) is 0 Å². The Morgan fingerprint density at radius 1 is 1.32 bits per heavy atom. The number of nitrogens with one attached hydrogen (secondary N) is 1. The van der Waals surface area contributed by atoms with Gasteiger partial charge in [-0.15, -0.1) is 0 Å². The van der Waals surface area contributed by atoms with Crippen LogP contribution in [0.3, 0.4) is 0 Å². The van der Waals surface area contributed by atoms with E-state index in [1.54, 1.807) is 14.0 Å². The molecule has 0 aliphatic heterocycles. The smallest absolute Gasteiger partial charge is 0.327 e. The van der Waals surface area contributed by atoms with Crippen LogP contribution < -0.4 is 10.1 Å². The Balaban J connectivity index is 3.03. The van der Waals surface area contributed by atoms with Crippen molar-refractivity contribution in [3.8, 4) is 5.75 Å². The molecule has 0 spiro atoms. The fraction of sp³-hybridized carbons (Fsp3) is 0.533. The monoisotopic (exact) mass is 265 g/mol. The number of ether oxygens (including phenoxy) is 2. The lowest BCUT2D eigenvalue weighted by atomic mass is 10.0. The third-order valence-electron chi connectivity index (χ3n) is 3.04. The van der Waals surface area contributed by atoms with E-state index < -0.39 is 6.04 Å². The zero-order valence-corrected chi connectivity index (χ0v) is 12.1. The number of para-hydroxylation sites is 1. The first-order valence-electron chi connectivity index (χ1n) is 6.69. The minimum atomic E-state index is -0.494. The van der Waals surface area contributed by atoms with Gasteiger partial charge in [-0.1, -0.05) is 25.1 Å². The molecule has 0 fully saturated rings. The van der Waals surface area contributed by atoms with Gasteiger partial charge in [0, 0.05) is 11.6 Å². The minimum absolute atomic E-state index is 0.222. The van der Waals surface area contributed by atoms with Crippen molar-refractivity contribution in [3.63, 3.8) is 0 Å². The van der Waals surface area contributed by atoms with Gasteiger partial charge in [0.05, 0.1) is 13.7 Å². The van der Waals surface area contributed by atoms with Crippen LogP contribution in [-0.4, -0.2) is 25.7 Å². The van der Waals surface area contributed by atoms with Crippen LogP contribution in [0.4, 0.5) is 0 Å². The summed E-state index contributed by atoms with van der Waals surface area (Å²) in [6.07, 6.45) is 0.936. The van der Waals surface area contributed by atoms with Gasteiger partial charge in [0.2, 0.25) is 0 Å². The summed E-state index contributed by atoms with van der Waals surface area (Å²) in [6.45, 7) is 6.29. The van der Waals surface area contributed by atoms with Crippen LogP contribution in [0.5, 0.6) is 5.75 Å². The highest BCUT2D eigenvalue weighted by atomic mass is 16.5. The van der Waals surface area contributed by atoms with Crippen molar-refractivity contribution in [2.24, 2.45) is 0 Å². The molecule has 19 heavy (non-hydrogen) atoms. The largest absolute Gasteiger partial charge is 0.496 e. The summed E-state index contributed by atoms with van der Waals surface area (Å²) in [7, 11) is 1.60. The van der Waals surface area contributed by atoms with Gasteiger partial charge in [0.25, 0.3) is 0 Å². The van der Waals surface area contributed by atoms with Gasteiger partial charge in [-0.3, -0.25) is 5.32 Å². The molecule has 2 atom stereocenters. The SMILES string of the molecule is CCOC(=O)C(NC(C)CC)c1ccccc1OC. The molecule has 1 rings (SSSR count). The normalized spacial score (nSPS) is 13.7. The molecule has 2 unspecified atom stereocenters. The Kier molecular flexibility index (Phi) is 6.36. The molecular weight excluding hydrogens is 242 g/mol. The first-order valence-corrected chi connectivity index (χ1v) is 6.69. The van der Waals surface area contributed by atoms with Crippen molar-refractivity contribution in [2.45, 2.75) is 39.3 Å². The Hall–Kier alpha value is -1.55. The van der Waals surface area contributed by atoms with Crippen LogP contribution in [0, 0.1) is 0 Å². The molecule has 0 aliphatic carbocycles. The Bertz CT molecular complexity index is 406. The maximum absolute atomic E-state index is 12.1. The Morgan fingerprint density at radius 3 is 2.58 bits per heavy atom.